The van der Waals surface area contributed by atoms with Crippen molar-refractivity contribution in [3.63, 3.8) is 0 Å². The second kappa shape index (κ2) is 5.85. The van der Waals surface area contributed by atoms with Crippen molar-refractivity contribution in [1.82, 2.24) is 9.46 Å². The van der Waals surface area contributed by atoms with Crippen molar-refractivity contribution in [2.75, 3.05) is 6.54 Å². The third-order valence-corrected chi connectivity index (χ3v) is 6.26. The Hall–Kier alpha value is -0.890. The van der Waals surface area contributed by atoms with Gasteiger partial charge in [0.25, 0.3) is 0 Å². The van der Waals surface area contributed by atoms with Gasteiger partial charge in [0.05, 0.1) is 4.34 Å². The molecule has 0 atom stereocenters. The van der Waals surface area contributed by atoms with E-state index >= 15 is 0 Å². The lowest BCUT2D eigenvalue weighted by molar-refractivity contribution is 0.388. The minimum Gasteiger partial charge on any atom is -0.360 e. The van der Waals surface area contributed by atoms with Gasteiger partial charge in [-0.2, -0.15) is 4.31 Å². The molecule has 0 bridgehead atoms. The molecule has 0 fully saturated rings. The number of sulfonamides is 1. The number of hydrogen-bond acceptors (Lipinski definition) is 5. The van der Waals surface area contributed by atoms with Crippen LogP contribution in [-0.2, 0) is 16.6 Å². The molecule has 0 aliphatic rings. The van der Waals surface area contributed by atoms with Gasteiger partial charge in [0.1, 0.15) is 10.6 Å². The first-order valence-corrected chi connectivity index (χ1v) is 8.67. The molecule has 2 heterocycles. The van der Waals surface area contributed by atoms with E-state index in [1.807, 2.05) is 6.07 Å². The van der Waals surface area contributed by atoms with Crippen molar-refractivity contribution in [3.8, 4) is 0 Å². The van der Waals surface area contributed by atoms with E-state index in [2.05, 4.69) is 5.16 Å². The molecule has 5 nitrogen and oxygen atoms in total. The Morgan fingerprint density at radius 3 is 2.55 bits per heavy atom. The third-order valence-electron chi connectivity index (χ3n) is 2.88. The molecule has 20 heavy (non-hydrogen) atoms. The van der Waals surface area contributed by atoms with E-state index in [1.165, 1.54) is 15.6 Å². The van der Waals surface area contributed by atoms with Crippen molar-refractivity contribution in [2.24, 2.45) is 0 Å². The first-order chi connectivity index (χ1) is 9.36. The van der Waals surface area contributed by atoms with Crippen LogP contribution in [0.5, 0.6) is 0 Å². The van der Waals surface area contributed by atoms with Crippen LogP contribution in [0, 0.1) is 13.8 Å². The summed E-state index contributed by atoms with van der Waals surface area (Å²) in [6.45, 7) is 5.68. The fraction of sp³-hybridized carbons (Fsp3) is 0.417. The quantitative estimate of drug-likeness (QED) is 0.842. The summed E-state index contributed by atoms with van der Waals surface area (Å²) in [6.07, 6.45) is 0. The predicted molar refractivity (Wildman–Crippen MR) is 78.6 cm³/mol. The molecule has 0 aliphatic carbocycles. The van der Waals surface area contributed by atoms with Crippen LogP contribution in [0.4, 0.5) is 0 Å². The molecule has 0 aromatic carbocycles. The molecule has 2 aromatic rings. The summed E-state index contributed by atoms with van der Waals surface area (Å²) in [7, 11) is -3.62. The molecule has 0 unspecified atom stereocenters. The van der Waals surface area contributed by atoms with E-state index in [0.29, 0.717) is 28.9 Å². The van der Waals surface area contributed by atoms with Gasteiger partial charge in [-0.05, 0) is 26.0 Å². The number of halogens is 1. The fourth-order valence-electron chi connectivity index (χ4n) is 1.95. The zero-order valence-electron chi connectivity index (χ0n) is 11.4. The highest BCUT2D eigenvalue weighted by Crippen LogP contribution is 2.27. The summed E-state index contributed by atoms with van der Waals surface area (Å²) in [6, 6.07) is 3.59. The normalized spacial score (nSPS) is 12.2. The number of aromatic nitrogens is 1. The van der Waals surface area contributed by atoms with E-state index in [4.69, 9.17) is 16.1 Å². The summed E-state index contributed by atoms with van der Waals surface area (Å²) in [4.78, 5) is 1.05. The number of thiophene rings is 1. The predicted octanol–water partition coefficient (Wildman–Crippen LogP) is 3.22. The largest absolute Gasteiger partial charge is 0.360 e. The molecule has 8 heteroatoms. The second-order valence-corrected chi connectivity index (χ2v) is 7.96. The molecule has 0 aliphatic heterocycles. The van der Waals surface area contributed by atoms with Crippen molar-refractivity contribution in [3.05, 3.63) is 32.8 Å². The zero-order chi connectivity index (χ0) is 14.9. The van der Waals surface area contributed by atoms with Crippen LogP contribution in [0.15, 0.2) is 21.6 Å². The molecule has 2 rings (SSSR count). The van der Waals surface area contributed by atoms with Crippen LogP contribution in [0.3, 0.4) is 0 Å². The third kappa shape index (κ3) is 2.90. The fourth-order valence-corrected chi connectivity index (χ4v) is 4.85. The van der Waals surface area contributed by atoms with Gasteiger partial charge in [-0.25, -0.2) is 8.42 Å². The van der Waals surface area contributed by atoms with Crippen molar-refractivity contribution < 1.29 is 12.9 Å². The van der Waals surface area contributed by atoms with Gasteiger partial charge in [0.15, 0.2) is 5.76 Å². The summed E-state index contributed by atoms with van der Waals surface area (Å²) in [5.41, 5.74) is 0.380. The highest BCUT2D eigenvalue weighted by molar-refractivity contribution is 7.89. The van der Waals surface area contributed by atoms with Gasteiger partial charge in [-0.15, -0.1) is 11.3 Å². The second-order valence-electron chi connectivity index (χ2n) is 4.29. The van der Waals surface area contributed by atoms with E-state index < -0.39 is 10.0 Å². The molecule has 0 saturated carbocycles. The van der Waals surface area contributed by atoms with Crippen LogP contribution < -0.4 is 0 Å². The van der Waals surface area contributed by atoms with Crippen LogP contribution in [0.2, 0.25) is 4.34 Å². The van der Waals surface area contributed by atoms with Crippen LogP contribution >= 0.6 is 22.9 Å². The maximum Gasteiger partial charge on any atom is 0.248 e. The molecular formula is C12H15ClN2O3S2. The van der Waals surface area contributed by atoms with E-state index in [0.717, 1.165) is 4.88 Å². The molecule has 0 spiro atoms. The number of aryl methyl sites for hydroxylation is 2. The van der Waals surface area contributed by atoms with E-state index in [-0.39, 0.29) is 4.90 Å². The molecule has 0 amide bonds. The van der Waals surface area contributed by atoms with E-state index in [1.54, 1.807) is 26.8 Å². The van der Waals surface area contributed by atoms with Crippen LogP contribution in [0.1, 0.15) is 23.3 Å². The zero-order valence-corrected chi connectivity index (χ0v) is 13.8. The summed E-state index contributed by atoms with van der Waals surface area (Å²) >= 11 is 7.25. The maximum atomic E-state index is 12.7. The van der Waals surface area contributed by atoms with Crippen molar-refractivity contribution >= 4 is 33.0 Å². The standard InChI is InChI=1S/C12H15ClN2O3S2/c1-4-15(7-10-5-6-11(13)19-10)20(16,17)12-8(2)14-18-9(12)3/h5-6H,4,7H2,1-3H3. The average Bonchev–Trinajstić information content (AvgIpc) is 2.92. The lowest BCUT2D eigenvalue weighted by Gasteiger charge is -2.19. The minimum atomic E-state index is -3.62. The van der Waals surface area contributed by atoms with Crippen molar-refractivity contribution in [2.45, 2.75) is 32.2 Å². The summed E-state index contributed by atoms with van der Waals surface area (Å²) in [5.74, 6) is 0.310. The smallest absolute Gasteiger partial charge is 0.248 e. The Morgan fingerprint density at radius 1 is 1.40 bits per heavy atom. The maximum absolute atomic E-state index is 12.7. The summed E-state index contributed by atoms with van der Waals surface area (Å²) < 4.78 is 32.3. The number of nitrogens with zero attached hydrogens (tertiary/aromatic N) is 2. The molecule has 2 aromatic heterocycles. The van der Waals surface area contributed by atoms with Gasteiger partial charge in [0, 0.05) is 18.0 Å². The van der Waals surface area contributed by atoms with Gasteiger partial charge in [-0.3, -0.25) is 0 Å². The molecule has 0 saturated heterocycles. The highest BCUT2D eigenvalue weighted by Gasteiger charge is 2.30. The summed E-state index contributed by atoms with van der Waals surface area (Å²) in [5, 5.41) is 3.71. The average molecular weight is 335 g/mol. The molecule has 0 N–H and O–H groups in total. The van der Waals surface area contributed by atoms with Gasteiger partial charge < -0.3 is 4.52 Å². The monoisotopic (exact) mass is 334 g/mol. The van der Waals surface area contributed by atoms with Crippen LogP contribution in [0.25, 0.3) is 0 Å². The molecule has 110 valence electrons. The Balaban J connectivity index is 2.35. The molecule has 0 radical (unpaired) electrons. The first-order valence-electron chi connectivity index (χ1n) is 6.03. The van der Waals surface area contributed by atoms with Gasteiger partial charge in [0.2, 0.25) is 10.0 Å². The van der Waals surface area contributed by atoms with Crippen molar-refractivity contribution in [1.29, 1.82) is 0 Å². The highest BCUT2D eigenvalue weighted by atomic mass is 35.5. The van der Waals surface area contributed by atoms with E-state index in [9.17, 15) is 8.42 Å². The SMILES string of the molecule is CCN(Cc1ccc(Cl)s1)S(=O)(=O)c1c(C)noc1C. The number of hydrogen-bond donors (Lipinski definition) is 0. The topological polar surface area (TPSA) is 63.4 Å². The Morgan fingerprint density at radius 2 is 2.10 bits per heavy atom. The molecular weight excluding hydrogens is 320 g/mol. The lowest BCUT2D eigenvalue weighted by atomic mass is 10.4. The Labute approximate surface area is 127 Å². The minimum absolute atomic E-state index is 0.155. The van der Waals surface area contributed by atoms with Gasteiger partial charge >= 0.3 is 0 Å². The first kappa shape index (κ1) is 15.5. The van der Waals surface area contributed by atoms with Gasteiger partial charge in [-0.1, -0.05) is 23.7 Å². The Kier molecular flexibility index (Phi) is 4.53. The number of rotatable bonds is 5. The lowest BCUT2D eigenvalue weighted by Crippen LogP contribution is -2.30. The Bertz CT molecular complexity index is 687. The van der Waals surface area contributed by atoms with Crippen LogP contribution in [-0.4, -0.2) is 24.4 Å².